The van der Waals surface area contributed by atoms with Crippen LogP contribution in [0.2, 0.25) is 0 Å². The van der Waals surface area contributed by atoms with E-state index >= 15 is 0 Å². The quantitative estimate of drug-likeness (QED) is 0.531. The fraction of sp³-hybridized carbons (Fsp3) is 0.500. The van der Waals surface area contributed by atoms with Gasteiger partial charge >= 0.3 is 0 Å². The summed E-state index contributed by atoms with van der Waals surface area (Å²) in [4.78, 5) is 11.8. The first-order chi connectivity index (χ1) is 14.6. The lowest BCUT2D eigenvalue weighted by atomic mass is 10.1. The van der Waals surface area contributed by atoms with Crippen molar-refractivity contribution in [3.05, 3.63) is 58.9 Å². The number of benzene rings is 1. The molecule has 1 unspecified atom stereocenters. The maximum atomic E-state index is 5.96. The van der Waals surface area contributed by atoms with Gasteiger partial charge in [-0.25, -0.2) is 4.99 Å². The van der Waals surface area contributed by atoms with Gasteiger partial charge in [-0.2, -0.15) is 0 Å². The van der Waals surface area contributed by atoms with Gasteiger partial charge in [-0.05, 0) is 32.8 Å². The van der Waals surface area contributed by atoms with Gasteiger partial charge in [0.25, 0.3) is 0 Å². The largest absolute Gasteiger partial charge is 0.496 e. The van der Waals surface area contributed by atoms with Crippen LogP contribution in [-0.2, 0) is 17.9 Å². The van der Waals surface area contributed by atoms with Crippen LogP contribution in [0.15, 0.2) is 41.5 Å². The number of nitrogens with one attached hydrogen (secondary N) is 1. The second-order valence-electron chi connectivity index (χ2n) is 7.82. The lowest BCUT2D eigenvalue weighted by Gasteiger charge is -2.22. The molecule has 1 aromatic heterocycles. The smallest absolute Gasteiger partial charge is 0.194 e. The molecule has 0 spiro atoms. The first-order valence-corrected chi connectivity index (χ1v) is 10.8. The zero-order valence-electron chi connectivity index (χ0n) is 18.6. The fourth-order valence-corrected chi connectivity index (χ4v) is 3.88. The fourth-order valence-electron chi connectivity index (χ4n) is 3.88. The number of aryl methyl sites for hydroxylation is 1. The van der Waals surface area contributed by atoms with Crippen LogP contribution in [0.5, 0.6) is 5.75 Å². The molecule has 0 amide bonds. The van der Waals surface area contributed by atoms with Gasteiger partial charge in [0.05, 0.1) is 32.6 Å². The molecule has 2 aromatic rings. The molecule has 1 aliphatic rings. The van der Waals surface area contributed by atoms with Crippen LogP contribution < -0.4 is 10.1 Å². The summed E-state index contributed by atoms with van der Waals surface area (Å²) >= 11 is 0. The van der Waals surface area contributed by atoms with E-state index in [-0.39, 0.29) is 0 Å². The molecule has 1 saturated heterocycles. The van der Waals surface area contributed by atoms with Crippen LogP contribution in [0.25, 0.3) is 0 Å². The molecule has 0 aliphatic carbocycles. The average molecular weight is 411 g/mol. The Morgan fingerprint density at radius 2 is 2.07 bits per heavy atom. The van der Waals surface area contributed by atoms with Gasteiger partial charge in [-0.15, -0.1) is 0 Å². The minimum atomic E-state index is 0.525. The molecule has 162 valence electrons. The highest BCUT2D eigenvalue weighted by Crippen LogP contribution is 2.24. The molecule has 2 heterocycles. The van der Waals surface area contributed by atoms with Gasteiger partial charge in [-0.1, -0.05) is 30.3 Å². The number of hydrogen-bond donors (Lipinski definition) is 1. The Balaban J connectivity index is 1.57. The lowest BCUT2D eigenvalue weighted by molar-refractivity contribution is 0.0906. The second kappa shape index (κ2) is 11.0. The van der Waals surface area contributed by atoms with E-state index in [1.54, 1.807) is 7.11 Å². The Kier molecular flexibility index (Phi) is 8.08. The summed E-state index contributed by atoms with van der Waals surface area (Å²) in [5.74, 6) is 2.37. The number of aliphatic imine (C=N–C) groups is 1. The molecular formula is C24H34N4O2. The maximum absolute atomic E-state index is 5.96. The molecule has 0 saturated carbocycles. The third kappa shape index (κ3) is 5.72. The molecule has 0 radical (unpaired) electrons. The number of ether oxygens (including phenoxy) is 2. The van der Waals surface area contributed by atoms with E-state index in [0.717, 1.165) is 61.2 Å². The average Bonchev–Trinajstić information content (AvgIpc) is 3.22. The van der Waals surface area contributed by atoms with Gasteiger partial charge in [0.15, 0.2) is 5.96 Å². The summed E-state index contributed by atoms with van der Waals surface area (Å²) in [6.07, 6.45) is 2.98. The molecule has 3 rings (SSSR count). The van der Waals surface area contributed by atoms with Crippen LogP contribution in [0.1, 0.15) is 35.7 Å². The molecule has 30 heavy (non-hydrogen) atoms. The normalized spacial score (nSPS) is 16.7. The Morgan fingerprint density at radius 3 is 2.80 bits per heavy atom. The Morgan fingerprint density at radius 1 is 1.27 bits per heavy atom. The number of methoxy groups -OCH3 is 1. The SMILES string of the molecule is CCNC(=NCc1ncc(C)c(OC)c1C)N1CCC(COCc2ccccc2)C1. The monoisotopic (exact) mass is 410 g/mol. The third-order valence-corrected chi connectivity index (χ3v) is 5.51. The van der Waals surface area contributed by atoms with Crippen LogP contribution >= 0.6 is 0 Å². The van der Waals surface area contributed by atoms with Crippen molar-refractivity contribution in [3.8, 4) is 5.75 Å². The van der Waals surface area contributed by atoms with E-state index in [1.807, 2.05) is 26.1 Å². The van der Waals surface area contributed by atoms with Crippen molar-refractivity contribution >= 4 is 5.96 Å². The van der Waals surface area contributed by atoms with E-state index in [0.29, 0.717) is 19.1 Å². The first kappa shape index (κ1) is 22.1. The highest BCUT2D eigenvalue weighted by atomic mass is 16.5. The first-order valence-electron chi connectivity index (χ1n) is 10.8. The summed E-state index contributed by atoms with van der Waals surface area (Å²) in [7, 11) is 1.71. The molecule has 6 nitrogen and oxygen atoms in total. The number of nitrogens with zero attached hydrogens (tertiary/aromatic N) is 3. The predicted molar refractivity (Wildman–Crippen MR) is 121 cm³/mol. The van der Waals surface area contributed by atoms with Crippen LogP contribution in [-0.4, -0.2) is 49.2 Å². The highest BCUT2D eigenvalue weighted by Gasteiger charge is 2.25. The molecule has 0 bridgehead atoms. The molecule has 1 atom stereocenters. The van der Waals surface area contributed by atoms with Gasteiger partial charge < -0.3 is 19.7 Å². The number of hydrogen-bond acceptors (Lipinski definition) is 4. The minimum Gasteiger partial charge on any atom is -0.496 e. The Hall–Kier alpha value is -2.60. The van der Waals surface area contributed by atoms with Gasteiger partial charge in [0.2, 0.25) is 0 Å². The van der Waals surface area contributed by atoms with Crippen LogP contribution in [0.3, 0.4) is 0 Å². The Bertz CT molecular complexity index is 839. The van der Waals surface area contributed by atoms with Gasteiger partial charge in [0.1, 0.15) is 5.75 Å². The number of guanidine groups is 1. The van der Waals surface area contributed by atoms with Crippen molar-refractivity contribution in [1.29, 1.82) is 0 Å². The summed E-state index contributed by atoms with van der Waals surface area (Å²) < 4.78 is 11.5. The zero-order chi connectivity index (χ0) is 21.3. The molecular weight excluding hydrogens is 376 g/mol. The van der Waals surface area contributed by atoms with Crippen molar-refractivity contribution in [2.45, 2.75) is 40.3 Å². The van der Waals surface area contributed by atoms with Crippen molar-refractivity contribution < 1.29 is 9.47 Å². The zero-order valence-corrected chi connectivity index (χ0v) is 18.6. The molecule has 1 aliphatic heterocycles. The van der Waals surface area contributed by atoms with E-state index in [2.05, 4.69) is 46.4 Å². The van der Waals surface area contributed by atoms with Gasteiger partial charge in [0, 0.05) is 42.9 Å². The van der Waals surface area contributed by atoms with Crippen molar-refractivity contribution in [1.82, 2.24) is 15.2 Å². The number of rotatable bonds is 8. The minimum absolute atomic E-state index is 0.525. The van der Waals surface area contributed by atoms with Gasteiger partial charge in [-0.3, -0.25) is 4.98 Å². The molecule has 1 fully saturated rings. The molecule has 1 N–H and O–H groups in total. The lowest BCUT2D eigenvalue weighted by Crippen LogP contribution is -2.40. The summed E-state index contributed by atoms with van der Waals surface area (Å²) in [6.45, 7) is 11.0. The predicted octanol–water partition coefficient (Wildman–Crippen LogP) is 3.71. The topological polar surface area (TPSA) is 59.0 Å². The highest BCUT2D eigenvalue weighted by molar-refractivity contribution is 5.80. The van der Waals surface area contributed by atoms with Crippen LogP contribution in [0, 0.1) is 19.8 Å². The maximum Gasteiger partial charge on any atom is 0.194 e. The molecule has 6 heteroatoms. The summed E-state index contributed by atoms with van der Waals surface area (Å²) in [5, 5.41) is 3.43. The number of aromatic nitrogens is 1. The molecule has 1 aromatic carbocycles. The third-order valence-electron chi connectivity index (χ3n) is 5.51. The van der Waals surface area contributed by atoms with Crippen LogP contribution in [0.4, 0.5) is 0 Å². The number of pyridine rings is 1. The van der Waals surface area contributed by atoms with Crippen molar-refractivity contribution in [2.75, 3.05) is 33.4 Å². The van der Waals surface area contributed by atoms with E-state index in [9.17, 15) is 0 Å². The Labute approximate surface area is 180 Å². The van der Waals surface area contributed by atoms with Crippen molar-refractivity contribution in [3.63, 3.8) is 0 Å². The summed E-state index contributed by atoms with van der Waals surface area (Å²) in [5.41, 5.74) is 4.28. The van der Waals surface area contributed by atoms with Crippen molar-refractivity contribution in [2.24, 2.45) is 10.9 Å². The number of likely N-dealkylation sites (tertiary alicyclic amines) is 1. The second-order valence-corrected chi connectivity index (χ2v) is 7.82. The van der Waals surface area contributed by atoms with E-state index in [4.69, 9.17) is 14.5 Å². The van der Waals surface area contributed by atoms with E-state index in [1.165, 1.54) is 5.56 Å². The standard InChI is InChI=1S/C24H34N4O2/c1-5-25-24(27-14-22-19(3)23(29-4)18(2)13-26-22)28-12-11-21(15-28)17-30-16-20-9-7-6-8-10-20/h6-10,13,21H,5,11-12,14-17H2,1-4H3,(H,25,27). The summed E-state index contributed by atoms with van der Waals surface area (Å²) in [6, 6.07) is 10.3. The van der Waals surface area contributed by atoms with E-state index < -0.39 is 0 Å².